The molecule has 1 rings (SSSR count). The first-order chi connectivity index (χ1) is 12.8. The van der Waals surface area contributed by atoms with E-state index in [9.17, 15) is 9.59 Å². The van der Waals surface area contributed by atoms with Gasteiger partial charge >= 0.3 is 6.09 Å². The first-order valence-corrected chi connectivity index (χ1v) is 10.6. The predicted octanol–water partition coefficient (Wildman–Crippen LogP) is 3.92. The Bertz CT molecular complexity index is 426. The smallest absolute Gasteiger partial charge is 0.407 e. The first-order valence-electron chi connectivity index (χ1n) is 10.6. The summed E-state index contributed by atoms with van der Waals surface area (Å²) in [6, 6.07) is 0.237. The molecule has 1 amide bonds. The van der Waals surface area contributed by atoms with Crippen molar-refractivity contribution in [3.63, 3.8) is 0 Å². The lowest BCUT2D eigenvalue weighted by molar-refractivity contribution is -0.121. The number of Topliss-reactive ketones (excluding diaryl/α,β-unsaturated/α-hetero) is 1. The lowest BCUT2D eigenvalue weighted by Gasteiger charge is -2.32. The second-order valence-electron chi connectivity index (χ2n) is 8.64. The summed E-state index contributed by atoms with van der Waals surface area (Å²) in [5.74, 6) is 0.0969. The molecular formula is C21H40N2O4. The molecule has 0 aliphatic carbocycles. The molecule has 0 aromatic heterocycles. The number of nitrogens with zero attached hydrogens (tertiary/aromatic N) is 1. The Morgan fingerprint density at radius 1 is 1.00 bits per heavy atom. The molecule has 27 heavy (non-hydrogen) atoms. The van der Waals surface area contributed by atoms with Crippen molar-refractivity contribution < 1.29 is 19.1 Å². The molecule has 6 heteroatoms. The maximum Gasteiger partial charge on any atom is 0.407 e. The number of amides is 1. The van der Waals surface area contributed by atoms with Crippen LogP contribution in [0.4, 0.5) is 4.79 Å². The average molecular weight is 385 g/mol. The summed E-state index contributed by atoms with van der Waals surface area (Å²) in [4.78, 5) is 25.1. The largest absolute Gasteiger partial charge is 0.444 e. The number of carbonyl (C=O) groups excluding carboxylic acids is 2. The molecule has 1 N–H and O–H groups in total. The van der Waals surface area contributed by atoms with E-state index in [2.05, 4.69) is 10.2 Å². The minimum Gasteiger partial charge on any atom is -0.444 e. The van der Waals surface area contributed by atoms with Crippen LogP contribution in [0.5, 0.6) is 0 Å². The number of nitrogens with one attached hydrogen (secondary N) is 1. The summed E-state index contributed by atoms with van der Waals surface area (Å²) in [6.45, 7) is 11.4. The van der Waals surface area contributed by atoms with Crippen LogP contribution in [0.3, 0.4) is 0 Å². The number of rotatable bonds is 12. The van der Waals surface area contributed by atoms with Gasteiger partial charge in [0, 0.05) is 25.7 Å². The first kappa shape index (κ1) is 23.9. The zero-order chi connectivity index (χ0) is 20.1. The second kappa shape index (κ2) is 13.1. The van der Waals surface area contributed by atoms with Gasteiger partial charge in [-0.2, -0.15) is 0 Å². The van der Waals surface area contributed by atoms with E-state index >= 15 is 0 Å². The number of alkyl carbamates (subject to hydrolysis) is 1. The molecule has 0 unspecified atom stereocenters. The molecule has 1 aliphatic heterocycles. The number of hydrogen-bond acceptors (Lipinski definition) is 5. The highest BCUT2D eigenvalue weighted by Gasteiger charge is 2.23. The Morgan fingerprint density at radius 2 is 1.59 bits per heavy atom. The highest BCUT2D eigenvalue weighted by Crippen LogP contribution is 2.14. The molecule has 0 saturated carbocycles. The van der Waals surface area contributed by atoms with Crippen LogP contribution >= 0.6 is 0 Å². The lowest BCUT2D eigenvalue weighted by atomic mass is 10.0. The SMILES string of the molecule is CC(=O)COCCCCCCCCN1CCC(NC(=O)OC(C)(C)C)CC1. The van der Waals surface area contributed by atoms with E-state index in [0.717, 1.165) is 38.9 Å². The molecule has 6 nitrogen and oxygen atoms in total. The summed E-state index contributed by atoms with van der Waals surface area (Å²) in [5, 5.41) is 2.99. The van der Waals surface area contributed by atoms with Gasteiger partial charge in [-0.3, -0.25) is 4.79 Å². The van der Waals surface area contributed by atoms with Crippen LogP contribution in [0, 0.1) is 0 Å². The third-order valence-electron chi connectivity index (χ3n) is 4.63. The van der Waals surface area contributed by atoms with Crippen molar-refractivity contribution in [1.29, 1.82) is 0 Å². The molecule has 1 heterocycles. The third-order valence-corrected chi connectivity index (χ3v) is 4.63. The van der Waals surface area contributed by atoms with E-state index < -0.39 is 5.60 Å². The standard InChI is InChI=1S/C21H40N2O4/c1-18(24)17-26-16-10-8-6-5-7-9-13-23-14-11-19(12-15-23)22-20(25)27-21(2,3)4/h19H,5-17H2,1-4H3,(H,22,25). The highest BCUT2D eigenvalue weighted by molar-refractivity contribution is 5.76. The Labute approximate surface area is 165 Å². The Balaban J connectivity index is 1.94. The zero-order valence-corrected chi connectivity index (χ0v) is 17.8. The highest BCUT2D eigenvalue weighted by atomic mass is 16.6. The number of carbonyl (C=O) groups is 2. The second-order valence-corrected chi connectivity index (χ2v) is 8.64. The number of ketones is 1. The lowest BCUT2D eigenvalue weighted by Crippen LogP contribution is -2.46. The fourth-order valence-corrected chi connectivity index (χ4v) is 3.24. The van der Waals surface area contributed by atoms with Gasteiger partial charge in [0.25, 0.3) is 0 Å². The van der Waals surface area contributed by atoms with Gasteiger partial charge in [-0.15, -0.1) is 0 Å². The van der Waals surface area contributed by atoms with Gasteiger partial charge in [-0.05, 0) is 59.9 Å². The van der Waals surface area contributed by atoms with Gasteiger partial charge in [0.1, 0.15) is 12.2 Å². The maximum absolute atomic E-state index is 11.8. The van der Waals surface area contributed by atoms with E-state index in [0.29, 0.717) is 6.61 Å². The topological polar surface area (TPSA) is 67.9 Å². The van der Waals surface area contributed by atoms with Crippen molar-refractivity contribution in [3.05, 3.63) is 0 Å². The average Bonchev–Trinajstić information content (AvgIpc) is 2.56. The van der Waals surface area contributed by atoms with Gasteiger partial charge < -0.3 is 19.7 Å². The van der Waals surface area contributed by atoms with Crippen molar-refractivity contribution in [3.8, 4) is 0 Å². The summed E-state index contributed by atoms with van der Waals surface area (Å²) in [5.41, 5.74) is -0.438. The van der Waals surface area contributed by atoms with Crippen LogP contribution in [0.15, 0.2) is 0 Å². The summed E-state index contributed by atoms with van der Waals surface area (Å²) in [7, 11) is 0. The van der Waals surface area contributed by atoms with Crippen molar-refractivity contribution in [2.24, 2.45) is 0 Å². The van der Waals surface area contributed by atoms with E-state index in [1.165, 1.54) is 32.1 Å². The third kappa shape index (κ3) is 13.6. The number of hydrogen-bond donors (Lipinski definition) is 1. The summed E-state index contributed by atoms with van der Waals surface area (Å²) in [6.07, 6.45) is 8.95. The van der Waals surface area contributed by atoms with Crippen LogP contribution in [0.25, 0.3) is 0 Å². The van der Waals surface area contributed by atoms with Crippen LogP contribution in [-0.2, 0) is 14.3 Å². The maximum atomic E-state index is 11.8. The van der Waals surface area contributed by atoms with Gasteiger partial charge in [0.15, 0.2) is 5.78 Å². The summed E-state index contributed by atoms with van der Waals surface area (Å²) < 4.78 is 10.6. The van der Waals surface area contributed by atoms with E-state index in [-0.39, 0.29) is 24.5 Å². The Morgan fingerprint density at radius 3 is 2.19 bits per heavy atom. The molecule has 1 fully saturated rings. The molecule has 0 spiro atoms. The van der Waals surface area contributed by atoms with Gasteiger partial charge in [0.2, 0.25) is 0 Å². The van der Waals surface area contributed by atoms with Crippen LogP contribution in [0.1, 0.15) is 79.1 Å². The number of piperidine rings is 1. The van der Waals surface area contributed by atoms with Crippen LogP contribution in [0.2, 0.25) is 0 Å². The number of ether oxygens (including phenoxy) is 2. The molecule has 158 valence electrons. The van der Waals surface area contributed by atoms with Crippen molar-refractivity contribution in [1.82, 2.24) is 10.2 Å². The van der Waals surface area contributed by atoms with Crippen molar-refractivity contribution in [2.75, 3.05) is 32.8 Å². The van der Waals surface area contributed by atoms with Crippen molar-refractivity contribution >= 4 is 11.9 Å². The van der Waals surface area contributed by atoms with Gasteiger partial charge in [0.05, 0.1) is 0 Å². The fourth-order valence-electron chi connectivity index (χ4n) is 3.24. The minimum absolute atomic E-state index is 0.0969. The molecule has 1 saturated heterocycles. The van der Waals surface area contributed by atoms with E-state index in [1.54, 1.807) is 6.92 Å². The van der Waals surface area contributed by atoms with Crippen LogP contribution < -0.4 is 5.32 Å². The van der Waals surface area contributed by atoms with Gasteiger partial charge in [-0.25, -0.2) is 4.79 Å². The minimum atomic E-state index is -0.438. The van der Waals surface area contributed by atoms with E-state index in [1.807, 2.05) is 20.8 Å². The monoisotopic (exact) mass is 384 g/mol. The number of unbranched alkanes of at least 4 members (excludes halogenated alkanes) is 5. The van der Waals surface area contributed by atoms with E-state index in [4.69, 9.17) is 9.47 Å². The molecule has 0 aromatic carbocycles. The zero-order valence-electron chi connectivity index (χ0n) is 17.8. The Kier molecular flexibility index (Phi) is 11.6. The van der Waals surface area contributed by atoms with Crippen LogP contribution in [-0.4, -0.2) is 61.3 Å². The number of likely N-dealkylation sites (tertiary alicyclic amines) is 1. The predicted molar refractivity (Wildman–Crippen MR) is 108 cm³/mol. The molecule has 0 bridgehead atoms. The molecule has 1 aliphatic rings. The Hall–Kier alpha value is -1.14. The molecule has 0 radical (unpaired) electrons. The normalized spacial score (nSPS) is 16.3. The fraction of sp³-hybridized carbons (Fsp3) is 0.905. The molecule has 0 aromatic rings. The molecular weight excluding hydrogens is 344 g/mol. The summed E-state index contributed by atoms with van der Waals surface area (Å²) >= 11 is 0. The quantitative estimate of drug-likeness (QED) is 0.517. The van der Waals surface area contributed by atoms with Crippen molar-refractivity contribution in [2.45, 2.75) is 90.7 Å². The molecule has 0 atom stereocenters. The van der Waals surface area contributed by atoms with Gasteiger partial charge in [-0.1, -0.05) is 25.7 Å².